The number of amides is 1. The number of rotatable bonds is 10. The molecule has 0 saturated heterocycles. The summed E-state index contributed by atoms with van der Waals surface area (Å²) in [6.45, 7) is 7.10. The number of carbonyl (C=O) groups is 1. The monoisotopic (exact) mass is 499 g/mol. The van der Waals surface area contributed by atoms with Crippen LogP contribution in [0.25, 0.3) is 0 Å². The van der Waals surface area contributed by atoms with Crippen molar-refractivity contribution in [2.75, 3.05) is 32.9 Å². The van der Waals surface area contributed by atoms with Crippen LogP contribution in [0.3, 0.4) is 0 Å². The summed E-state index contributed by atoms with van der Waals surface area (Å²) in [5.74, 6) is 8.70. The van der Waals surface area contributed by atoms with Crippen LogP contribution in [0.15, 0.2) is 47.6 Å². The number of hydrogen-bond donors (Lipinski definition) is 1. The fraction of sp³-hybridized carbons (Fsp3) is 0.400. The van der Waals surface area contributed by atoms with E-state index >= 15 is 0 Å². The van der Waals surface area contributed by atoms with E-state index in [1.54, 1.807) is 26.2 Å². The maximum Gasteiger partial charge on any atom is 0.233 e. The lowest BCUT2D eigenvalue weighted by Crippen LogP contribution is -2.28. The van der Waals surface area contributed by atoms with Crippen molar-refractivity contribution in [3.63, 3.8) is 0 Å². The number of hydrogen-bond acceptors (Lipinski definition) is 8. The van der Waals surface area contributed by atoms with Gasteiger partial charge in [-0.05, 0) is 40.8 Å². The number of thioether (sulfide) groups is 1. The van der Waals surface area contributed by atoms with Gasteiger partial charge in [0.1, 0.15) is 12.4 Å². The number of nitrogen functional groups attached to an aromatic ring is 1. The molecule has 3 rings (SSSR count). The van der Waals surface area contributed by atoms with Gasteiger partial charge in [0.25, 0.3) is 0 Å². The molecule has 0 unspecified atom stereocenters. The molecule has 0 aliphatic carbocycles. The molecule has 3 aromatic rings. The van der Waals surface area contributed by atoms with E-state index in [2.05, 4.69) is 31.0 Å². The molecule has 2 N–H and O–H groups in total. The zero-order valence-electron chi connectivity index (χ0n) is 21.1. The van der Waals surface area contributed by atoms with Crippen LogP contribution in [0.1, 0.15) is 37.7 Å². The molecule has 0 saturated carbocycles. The van der Waals surface area contributed by atoms with E-state index in [1.165, 1.54) is 22.0 Å². The zero-order valence-corrected chi connectivity index (χ0v) is 21.9. The molecule has 0 fully saturated rings. The Morgan fingerprint density at radius 1 is 1.06 bits per heavy atom. The number of benzene rings is 2. The van der Waals surface area contributed by atoms with E-state index < -0.39 is 0 Å². The second-order valence-corrected chi connectivity index (χ2v) is 10.0. The number of aromatic nitrogens is 3. The zero-order chi connectivity index (χ0) is 25.6. The topological polar surface area (TPSA) is 105 Å². The summed E-state index contributed by atoms with van der Waals surface area (Å²) in [6.07, 6.45) is 0. The Morgan fingerprint density at radius 2 is 1.74 bits per heavy atom. The minimum absolute atomic E-state index is 0.0653. The van der Waals surface area contributed by atoms with Crippen molar-refractivity contribution >= 4 is 17.7 Å². The van der Waals surface area contributed by atoms with Crippen molar-refractivity contribution in [3.8, 4) is 17.2 Å². The predicted molar refractivity (Wildman–Crippen MR) is 136 cm³/mol. The van der Waals surface area contributed by atoms with Gasteiger partial charge < -0.3 is 25.0 Å². The predicted octanol–water partition coefficient (Wildman–Crippen LogP) is 3.64. The third-order valence-corrected chi connectivity index (χ3v) is 6.37. The average Bonchev–Trinajstić information content (AvgIpc) is 3.19. The van der Waals surface area contributed by atoms with Crippen LogP contribution in [-0.2, 0) is 23.4 Å². The molecule has 0 aliphatic rings. The molecule has 0 aliphatic heterocycles. The van der Waals surface area contributed by atoms with E-state index in [4.69, 9.17) is 20.1 Å². The summed E-state index contributed by atoms with van der Waals surface area (Å²) in [7, 11) is 4.91. The molecule has 1 heterocycles. The number of methoxy groups -OCH3 is 2. The first-order valence-corrected chi connectivity index (χ1v) is 12.1. The fourth-order valence-corrected chi connectivity index (χ4v) is 4.10. The van der Waals surface area contributed by atoms with Crippen LogP contribution >= 0.6 is 11.8 Å². The van der Waals surface area contributed by atoms with Crippen molar-refractivity contribution in [3.05, 3.63) is 59.4 Å². The highest BCUT2D eigenvalue weighted by Crippen LogP contribution is 2.28. The number of nitrogens with zero attached hydrogens (tertiary/aromatic N) is 4. The summed E-state index contributed by atoms with van der Waals surface area (Å²) in [6, 6.07) is 13.5. The molecule has 35 heavy (non-hydrogen) atoms. The normalized spacial score (nSPS) is 11.3. The first-order valence-electron chi connectivity index (χ1n) is 11.1. The summed E-state index contributed by atoms with van der Waals surface area (Å²) < 4.78 is 17.8. The van der Waals surface area contributed by atoms with Gasteiger partial charge in [0.05, 0.1) is 20.0 Å². The van der Waals surface area contributed by atoms with E-state index in [0.29, 0.717) is 29.0 Å². The van der Waals surface area contributed by atoms with E-state index in [9.17, 15) is 4.79 Å². The molecule has 1 amide bonds. The lowest BCUT2D eigenvalue weighted by atomic mass is 9.87. The molecular weight excluding hydrogens is 466 g/mol. The van der Waals surface area contributed by atoms with E-state index in [-0.39, 0.29) is 23.7 Å². The Hall–Kier alpha value is -3.40. The smallest absolute Gasteiger partial charge is 0.233 e. The van der Waals surface area contributed by atoms with Crippen LogP contribution in [0.2, 0.25) is 0 Å². The van der Waals surface area contributed by atoms with Gasteiger partial charge >= 0.3 is 0 Å². The second kappa shape index (κ2) is 11.4. The maximum atomic E-state index is 12.7. The van der Waals surface area contributed by atoms with Gasteiger partial charge in [-0.3, -0.25) is 4.79 Å². The van der Waals surface area contributed by atoms with Crippen LogP contribution in [-0.4, -0.2) is 52.7 Å². The van der Waals surface area contributed by atoms with Crippen molar-refractivity contribution in [2.45, 2.75) is 44.5 Å². The molecule has 188 valence electrons. The van der Waals surface area contributed by atoms with Gasteiger partial charge in [0.15, 0.2) is 17.3 Å². The van der Waals surface area contributed by atoms with Crippen molar-refractivity contribution in [1.82, 2.24) is 19.8 Å². The highest BCUT2D eigenvalue weighted by atomic mass is 32.2. The molecule has 0 bridgehead atoms. The van der Waals surface area contributed by atoms with E-state index in [1.807, 2.05) is 42.5 Å². The van der Waals surface area contributed by atoms with Crippen molar-refractivity contribution < 1.29 is 19.0 Å². The first-order chi connectivity index (χ1) is 16.6. The maximum absolute atomic E-state index is 12.7. The van der Waals surface area contributed by atoms with Gasteiger partial charge in [-0.25, -0.2) is 4.68 Å². The second-order valence-electron chi connectivity index (χ2n) is 9.06. The fourth-order valence-electron chi connectivity index (χ4n) is 3.28. The highest BCUT2D eigenvalue weighted by molar-refractivity contribution is 7.99. The Labute approximate surface area is 210 Å². The number of nitrogens with two attached hydrogens (primary N) is 1. The van der Waals surface area contributed by atoms with Gasteiger partial charge in [-0.15, -0.1) is 10.2 Å². The molecule has 0 spiro atoms. The van der Waals surface area contributed by atoms with Crippen LogP contribution in [0.5, 0.6) is 17.2 Å². The minimum atomic E-state index is -0.0653. The standard InChI is InChI=1S/C25H33N5O4S/c1-25(2,3)18-8-10-19(11-9-18)34-15-22-27-28-24(30(22)26)35-16-23(31)29(4)14-17-7-12-20(32-5)21(13-17)33-6/h7-13H,14-16,26H2,1-6H3. The van der Waals surface area contributed by atoms with Gasteiger partial charge in [-0.1, -0.05) is 50.7 Å². The third kappa shape index (κ3) is 6.82. The van der Waals surface area contributed by atoms with E-state index in [0.717, 1.165) is 11.3 Å². The molecule has 1 aromatic heterocycles. The molecule has 0 radical (unpaired) electrons. The van der Waals surface area contributed by atoms with Crippen LogP contribution < -0.4 is 20.1 Å². The third-order valence-electron chi connectivity index (χ3n) is 5.44. The summed E-state index contributed by atoms with van der Waals surface area (Å²) in [5.41, 5.74) is 2.24. The van der Waals surface area contributed by atoms with Gasteiger partial charge in [-0.2, -0.15) is 0 Å². The molecule has 2 aromatic carbocycles. The summed E-state index contributed by atoms with van der Waals surface area (Å²) in [5, 5.41) is 8.65. The van der Waals surface area contributed by atoms with Crippen molar-refractivity contribution in [2.24, 2.45) is 0 Å². The highest BCUT2D eigenvalue weighted by Gasteiger charge is 2.17. The first kappa shape index (κ1) is 26.2. The lowest BCUT2D eigenvalue weighted by molar-refractivity contribution is -0.127. The number of carbonyl (C=O) groups excluding carboxylic acids is 1. The lowest BCUT2D eigenvalue weighted by Gasteiger charge is -2.19. The Bertz CT molecular complexity index is 1140. The average molecular weight is 500 g/mol. The van der Waals surface area contributed by atoms with Crippen LogP contribution in [0, 0.1) is 0 Å². The Morgan fingerprint density at radius 3 is 2.37 bits per heavy atom. The van der Waals surface area contributed by atoms with Gasteiger partial charge in [0.2, 0.25) is 11.1 Å². The molecular formula is C25H33N5O4S. The molecule has 0 atom stereocenters. The van der Waals surface area contributed by atoms with Crippen molar-refractivity contribution in [1.29, 1.82) is 0 Å². The molecule has 10 heteroatoms. The van der Waals surface area contributed by atoms with Gasteiger partial charge in [0, 0.05) is 13.6 Å². The summed E-state index contributed by atoms with van der Waals surface area (Å²) in [4.78, 5) is 14.3. The SMILES string of the molecule is COc1ccc(CN(C)C(=O)CSc2nnc(COc3ccc(C(C)(C)C)cc3)n2N)cc1OC. The Kier molecular flexibility index (Phi) is 8.50. The van der Waals surface area contributed by atoms with Crippen LogP contribution in [0.4, 0.5) is 0 Å². The quantitative estimate of drug-likeness (QED) is 0.333. The molecule has 9 nitrogen and oxygen atoms in total. The number of ether oxygens (including phenoxy) is 3. The summed E-state index contributed by atoms with van der Waals surface area (Å²) >= 11 is 1.23. The Balaban J connectivity index is 1.52. The largest absolute Gasteiger partial charge is 0.493 e. The minimum Gasteiger partial charge on any atom is -0.493 e.